The topological polar surface area (TPSA) is 66.8 Å². The number of imide groups is 1. The van der Waals surface area contributed by atoms with Crippen LogP contribution in [0, 0.1) is 11.3 Å². The summed E-state index contributed by atoms with van der Waals surface area (Å²) in [7, 11) is 1.48. The number of rotatable bonds is 4. The molecule has 0 unspecified atom stereocenters. The highest BCUT2D eigenvalue weighted by molar-refractivity contribution is 6.24. The number of hydrogen-bond donors (Lipinski definition) is 1. The highest BCUT2D eigenvalue weighted by Crippen LogP contribution is 2.57. The molecule has 1 saturated heterocycles. The van der Waals surface area contributed by atoms with Gasteiger partial charge in [-0.25, -0.2) is 4.90 Å². The molecule has 0 radical (unpaired) electrons. The Morgan fingerprint density at radius 1 is 1.21 bits per heavy atom. The minimum atomic E-state index is -0.965. The summed E-state index contributed by atoms with van der Waals surface area (Å²) in [5.41, 5.74) is 1.31. The minimum absolute atomic E-state index is 0.0256. The third-order valence-electron chi connectivity index (χ3n) is 6.22. The lowest BCUT2D eigenvalue weighted by atomic mass is 9.60. The number of para-hydroxylation sites is 1. The highest BCUT2D eigenvalue weighted by Gasteiger charge is 2.62. The molecule has 4 rings (SSSR count). The van der Waals surface area contributed by atoms with E-state index in [1.54, 1.807) is 36.4 Å². The standard InChI is InChI=1S/C24H23NO4/c1-4-15-10-12-18-22(27)25(17-8-6-5-7-9-17)23(28)24(18,2)21(15)16-11-13-19(26)20(14-16)29-3/h4-11,13-14,18,21,26H,1,12H2,2-3H3/t18-,21+,24+/m0/s1. The fourth-order valence-electron chi connectivity index (χ4n) is 4.73. The average molecular weight is 389 g/mol. The Kier molecular flexibility index (Phi) is 4.53. The maximum absolute atomic E-state index is 13.7. The lowest BCUT2D eigenvalue weighted by Crippen LogP contribution is -2.41. The number of carbonyl (C=O) groups is 2. The Labute approximate surface area is 169 Å². The van der Waals surface area contributed by atoms with Gasteiger partial charge in [0.2, 0.25) is 11.8 Å². The van der Waals surface area contributed by atoms with Crippen LogP contribution in [-0.2, 0) is 9.59 Å². The predicted molar refractivity (Wildman–Crippen MR) is 111 cm³/mol. The number of methoxy groups -OCH3 is 1. The van der Waals surface area contributed by atoms with Crippen LogP contribution in [0.2, 0.25) is 0 Å². The highest BCUT2D eigenvalue weighted by atomic mass is 16.5. The van der Waals surface area contributed by atoms with Crippen molar-refractivity contribution in [2.45, 2.75) is 19.3 Å². The molecule has 0 aromatic heterocycles. The quantitative estimate of drug-likeness (QED) is 0.796. The average Bonchev–Trinajstić information content (AvgIpc) is 2.94. The lowest BCUT2D eigenvalue weighted by Gasteiger charge is -2.40. The van der Waals surface area contributed by atoms with E-state index in [1.807, 2.05) is 31.2 Å². The minimum Gasteiger partial charge on any atom is -0.504 e. The summed E-state index contributed by atoms with van der Waals surface area (Å²) < 4.78 is 5.27. The summed E-state index contributed by atoms with van der Waals surface area (Å²) in [6.45, 7) is 5.79. The van der Waals surface area contributed by atoms with E-state index in [4.69, 9.17) is 4.74 Å². The van der Waals surface area contributed by atoms with Crippen LogP contribution in [0.1, 0.15) is 24.8 Å². The van der Waals surface area contributed by atoms with Gasteiger partial charge in [-0.3, -0.25) is 9.59 Å². The number of nitrogens with zero attached hydrogens (tertiary/aromatic N) is 1. The first-order valence-corrected chi connectivity index (χ1v) is 9.56. The van der Waals surface area contributed by atoms with Crippen LogP contribution in [-0.4, -0.2) is 24.0 Å². The maximum Gasteiger partial charge on any atom is 0.241 e. The van der Waals surface area contributed by atoms with Gasteiger partial charge in [0.25, 0.3) is 0 Å². The number of amides is 2. The van der Waals surface area contributed by atoms with Crippen molar-refractivity contribution in [3.8, 4) is 11.5 Å². The molecule has 0 spiro atoms. The Balaban J connectivity index is 1.88. The van der Waals surface area contributed by atoms with Gasteiger partial charge in [0.05, 0.1) is 24.1 Å². The summed E-state index contributed by atoms with van der Waals surface area (Å²) >= 11 is 0. The van der Waals surface area contributed by atoms with Crippen LogP contribution in [0.3, 0.4) is 0 Å². The molecular weight excluding hydrogens is 366 g/mol. The van der Waals surface area contributed by atoms with Crippen molar-refractivity contribution in [1.82, 2.24) is 0 Å². The lowest BCUT2D eigenvalue weighted by molar-refractivity contribution is -0.127. The zero-order valence-corrected chi connectivity index (χ0v) is 16.5. The molecule has 148 valence electrons. The molecule has 1 aliphatic carbocycles. The number of benzene rings is 2. The number of phenols is 1. The van der Waals surface area contributed by atoms with Gasteiger partial charge in [0, 0.05) is 5.92 Å². The summed E-state index contributed by atoms with van der Waals surface area (Å²) in [6, 6.07) is 14.1. The monoisotopic (exact) mass is 389 g/mol. The van der Waals surface area contributed by atoms with E-state index in [1.165, 1.54) is 12.0 Å². The zero-order chi connectivity index (χ0) is 20.8. The van der Waals surface area contributed by atoms with Gasteiger partial charge in [-0.15, -0.1) is 0 Å². The van der Waals surface area contributed by atoms with Crippen molar-refractivity contribution in [1.29, 1.82) is 0 Å². The second kappa shape index (κ2) is 6.92. The van der Waals surface area contributed by atoms with Gasteiger partial charge in [0.1, 0.15) is 0 Å². The van der Waals surface area contributed by atoms with Crippen LogP contribution in [0.25, 0.3) is 0 Å². The molecule has 2 aliphatic rings. The largest absolute Gasteiger partial charge is 0.504 e. The SMILES string of the molecule is C=CC1=CC[C@H]2C(=O)N(c3ccccc3)C(=O)[C@@]2(C)[C@H]1c1ccc(O)c(OC)c1. The summed E-state index contributed by atoms with van der Waals surface area (Å²) in [4.78, 5) is 28.3. The molecule has 0 bridgehead atoms. The first-order valence-electron chi connectivity index (χ1n) is 9.56. The van der Waals surface area contributed by atoms with Gasteiger partial charge in [0.15, 0.2) is 11.5 Å². The number of phenolic OH excluding ortho intramolecular Hbond substituents is 1. The molecule has 1 N–H and O–H groups in total. The third-order valence-corrected chi connectivity index (χ3v) is 6.22. The number of aromatic hydroxyl groups is 1. The van der Waals surface area contributed by atoms with Crippen molar-refractivity contribution in [3.05, 3.63) is 78.4 Å². The van der Waals surface area contributed by atoms with E-state index in [0.717, 1.165) is 11.1 Å². The van der Waals surface area contributed by atoms with Gasteiger partial charge in [-0.05, 0) is 48.7 Å². The van der Waals surface area contributed by atoms with Crippen molar-refractivity contribution in [2.24, 2.45) is 11.3 Å². The number of carbonyl (C=O) groups excluding carboxylic acids is 2. The van der Waals surface area contributed by atoms with Gasteiger partial charge in [-0.2, -0.15) is 0 Å². The van der Waals surface area contributed by atoms with Gasteiger partial charge >= 0.3 is 0 Å². The molecule has 29 heavy (non-hydrogen) atoms. The number of fused-ring (bicyclic) bond motifs is 1. The van der Waals surface area contributed by atoms with Crippen molar-refractivity contribution in [3.63, 3.8) is 0 Å². The molecule has 3 atom stereocenters. The number of ether oxygens (including phenoxy) is 1. The van der Waals surface area contributed by atoms with E-state index in [0.29, 0.717) is 17.9 Å². The van der Waals surface area contributed by atoms with Crippen molar-refractivity contribution < 1.29 is 19.4 Å². The fraction of sp³-hybridized carbons (Fsp3) is 0.250. The first kappa shape index (κ1) is 19.0. The Morgan fingerprint density at radius 2 is 1.93 bits per heavy atom. The Hall–Kier alpha value is -3.34. The number of allylic oxidation sites excluding steroid dienone is 3. The van der Waals surface area contributed by atoms with Crippen LogP contribution in [0.5, 0.6) is 11.5 Å². The molecule has 1 heterocycles. The molecule has 1 fully saturated rings. The molecule has 2 aromatic carbocycles. The molecule has 2 amide bonds. The van der Waals surface area contributed by atoms with Crippen LogP contribution >= 0.6 is 0 Å². The van der Waals surface area contributed by atoms with Crippen LogP contribution < -0.4 is 9.64 Å². The maximum atomic E-state index is 13.7. The first-order chi connectivity index (χ1) is 13.9. The van der Waals surface area contributed by atoms with Crippen LogP contribution in [0.4, 0.5) is 5.69 Å². The normalized spacial score (nSPS) is 26.1. The third kappa shape index (κ3) is 2.69. The van der Waals surface area contributed by atoms with E-state index in [9.17, 15) is 14.7 Å². The molecule has 5 nitrogen and oxygen atoms in total. The smallest absolute Gasteiger partial charge is 0.241 e. The van der Waals surface area contributed by atoms with E-state index < -0.39 is 11.3 Å². The van der Waals surface area contributed by atoms with E-state index in [-0.39, 0.29) is 23.5 Å². The molecule has 1 aliphatic heterocycles. The Morgan fingerprint density at radius 3 is 2.59 bits per heavy atom. The summed E-state index contributed by atoms with van der Waals surface area (Å²) in [6.07, 6.45) is 4.22. The molecule has 5 heteroatoms. The molecule has 2 aromatic rings. The molecular formula is C24H23NO4. The zero-order valence-electron chi connectivity index (χ0n) is 16.5. The van der Waals surface area contributed by atoms with Crippen molar-refractivity contribution in [2.75, 3.05) is 12.0 Å². The van der Waals surface area contributed by atoms with E-state index in [2.05, 4.69) is 6.58 Å². The second-order valence-corrected chi connectivity index (χ2v) is 7.66. The summed E-state index contributed by atoms with van der Waals surface area (Å²) in [5, 5.41) is 10.0. The number of anilines is 1. The van der Waals surface area contributed by atoms with Gasteiger partial charge < -0.3 is 9.84 Å². The second-order valence-electron chi connectivity index (χ2n) is 7.66. The Bertz CT molecular complexity index is 1030. The number of hydrogen-bond acceptors (Lipinski definition) is 4. The van der Waals surface area contributed by atoms with Gasteiger partial charge in [-0.1, -0.05) is 43.0 Å². The van der Waals surface area contributed by atoms with Crippen LogP contribution in [0.15, 0.2) is 72.8 Å². The molecule has 0 saturated carbocycles. The van der Waals surface area contributed by atoms with Crippen molar-refractivity contribution >= 4 is 17.5 Å². The van der Waals surface area contributed by atoms with E-state index >= 15 is 0 Å². The fourth-order valence-corrected chi connectivity index (χ4v) is 4.73. The summed E-state index contributed by atoms with van der Waals surface area (Å²) in [5.74, 6) is -0.893. The predicted octanol–water partition coefficient (Wildman–Crippen LogP) is 4.20.